The zero-order valence-electron chi connectivity index (χ0n) is 28.6. The summed E-state index contributed by atoms with van der Waals surface area (Å²) >= 11 is 1.64. The Morgan fingerprint density at radius 1 is 0.980 bits per heavy atom. The predicted molar refractivity (Wildman–Crippen MR) is 194 cm³/mol. The third-order valence-electron chi connectivity index (χ3n) is 8.47. The van der Waals surface area contributed by atoms with Gasteiger partial charge in [0.1, 0.15) is 18.2 Å². The van der Waals surface area contributed by atoms with E-state index < -0.39 is 0 Å². The molecule has 0 aliphatic carbocycles. The van der Waals surface area contributed by atoms with E-state index in [0.29, 0.717) is 18.1 Å². The van der Waals surface area contributed by atoms with Crippen LogP contribution in [0.3, 0.4) is 0 Å². The van der Waals surface area contributed by atoms with Crippen molar-refractivity contribution in [1.29, 1.82) is 0 Å². The molecule has 0 radical (unpaired) electrons. The van der Waals surface area contributed by atoms with Gasteiger partial charge in [-0.2, -0.15) is 0 Å². The van der Waals surface area contributed by atoms with Crippen LogP contribution >= 0.6 is 11.8 Å². The summed E-state index contributed by atoms with van der Waals surface area (Å²) in [4.78, 5) is 15.5. The Kier molecular flexibility index (Phi) is 10.2. The molecule has 10 nitrogen and oxygen atoms in total. The lowest BCUT2D eigenvalue weighted by atomic mass is 9.87. The molecule has 0 spiro atoms. The molecule has 0 bridgehead atoms. The molecule has 0 saturated carbocycles. The Balaban J connectivity index is 1.18. The fourth-order valence-corrected chi connectivity index (χ4v) is 7.06. The second-order valence-electron chi connectivity index (χ2n) is 13.0. The van der Waals surface area contributed by atoms with E-state index in [4.69, 9.17) is 4.74 Å². The number of urea groups is 1. The number of pyridine rings is 1. The molecule has 3 heterocycles. The monoisotopic (exact) mass is 677 g/mol. The number of likely N-dealkylation sites (N-methyl/N-ethyl adjacent to an activating group) is 1. The number of aryl methyl sites for hydroxylation is 1. The quantitative estimate of drug-likeness (QED) is 0.139. The number of fused-ring (bicyclic) bond motifs is 1. The van der Waals surface area contributed by atoms with Crippen LogP contribution in [0.2, 0.25) is 0 Å². The highest BCUT2D eigenvalue weighted by Crippen LogP contribution is 2.37. The van der Waals surface area contributed by atoms with Crippen molar-refractivity contribution in [2.45, 2.75) is 56.5 Å². The summed E-state index contributed by atoms with van der Waals surface area (Å²) in [7, 11) is 2.01. The van der Waals surface area contributed by atoms with Gasteiger partial charge in [0.25, 0.3) is 0 Å². The number of nitrogens with one attached hydrogen (secondary N) is 2. The van der Waals surface area contributed by atoms with Crippen molar-refractivity contribution in [3.05, 3.63) is 114 Å². The van der Waals surface area contributed by atoms with E-state index in [1.54, 1.807) is 11.8 Å². The van der Waals surface area contributed by atoms with Gasteiger partial charge in [-0.25, -0.2) is 9.80 Å². The first kappa shape index (κ1) is 34.0. The van der Waals surface area contributed by atoms with Crippen molar-refractivity contribution in [2.24, 2.45) is 5.41 Å². The standard InChI is InChI=1S/C38H43N7O3S/c1-6-26-12-7-9-16-31(26)36-42-41-34-19-18-30(25-44(34)36)49-32-17-10-8-13-27(32)24-39-37(47)40-35-23-33(38(2,3)4)43(5)45(35)28-14-11-15-29(22-28)48-21-20-46/h7-19,22-23,25,33,46H,6,20-21,24H2,1-5H3,(H2,39,40,47). The fourth-order valence-electron chi connectivity index (χ4n) is 6.09. The van der Waals surface area contributed by atoms with Crippen molar-refractivity contribution < 1.29 is 14.6 Å². The van der Waals surface area contributed by atoms with Crippen molar-refractivity contribution in [1.82, 2.24) is 30.2 Å². The summed E-state index contributed by atoms with van der Waals surface area (Å²) in [6.45, 7) is 9.15. The highest BCUT2D eigenvalue weighted by Gasteiger charge is 2.38. The lowest BCUT2D eigenvalue weighted by Gasteiger charge is -2.37. The summed E-state index contributed by atoms with van der Waals surface area (Å²) in [5, 5.41) is 28.4. The topological polar surface area (TPSA) is 107 Å². The van der Waals surface area contributed by atoms with Gasteiger partial charge in [0.05, 0.1) is 18.3 Å². The van der Waals surface area contributed by atoms with Gasteiger partial charge in [-0.3, -0.25) is 14.7 Å². The van der Waals surface area contributed by atoms with Crippen LogP contribution in [0.5, 0.6) is 5.75 Å². The van der Waals surface area contributed by atoms with Crippen LogP contribution in [0, 0.1) is 5.41 Å². The molecule has 3 aromatic carbocycles. The van der Waals surface area contributed by atoms with Crippen LogP contribution in [0.15, 0.2) is 113 Å². The maximum absolute atomic E-state index is 13.4. The van der Waals surface area contributed by atoms with E-state index in [0.717, 1.165) is 44.5 Å². The second-order valence-corrected chi connectivity index (χ2v) is 14.1. The van der Waals surface area contributed by atoms with E-state index in [2.05, 4.69) is 90.1 Å². The summed E-state index contributed by atoms with van der Waals surface area (Å²) in [6.07, 6.45) is 5.06. The average Bonchev–Trinajstić information content (AvgIpc) is 3.67. The zero-order valence-corrected chi connectivity index (χ0v) is 29.4. The van der Waals surface area contributed by atoms with Crippen LogP contribution < -0.4 is 20.4 Å². The molecular formula is C38H43N7O3S. The van der Waals surface area contributed by atoms with Crippen LogP contribution in [-0.4, -0.2) is 57.0 Å². The SMILES string of the molecule is CCc1ccccc1-c1nnc2ccc(Sc3ccccc3CNC(=O)NC3=CC(C(C)(C)C)N(C)N3c3cccc(OCCO)c3)cn12. The molecule has 6 rings (SSSR count). The zero-order chi connectivity index (χ0) is 34.5. The van der Waals surface area contributed by atoms with E-state index in [1.165, 1.54) is 5.56 Å². The summed E-state index contributed by atoms with van der Waals surface area (Å²) < 4.78 is 7.72. The molecule has 1 aliphatic heterocycles. The molecule has 2 amide bonds. The Morgan fingerprint density at radius 2 is 1.76 bits per heavy atom. The van der Waals surface area contributed by atoms with Gasteiger partial charge in [0.2, 0.25) is 0 Å². The van der Waals surface area contributed by atoms with E-state index in [9.17, 15) is 9.90 Å². The second kappa shape index (κ2) is 14.7. The number of ether oxygens (including phenoxy) is 1. The number of carbonyl (C=O) groups is 1. The van der Waals surface area contributed by atoms with Crippen molar-refractivity contribution in [3.63, 3.8) is 0 Å². The number of benzene rings is 3. The molecule has 1 atom stereocenters. The van der Waals surface area contributed by atoms with Crippen molar-refractivity contribution in [2.75, 3.05) is 25.3 Å². The van der Waals surface area contributed by atoms with Gasteiger partial charge >= 0.3 is 6.03 Å². The molecule has 1 unspecified atom stereocenters. The van der Waals surface area contributed by atoms with Crippen LogP contribution in [0.1, 0.15) is 38.8 Å². The molecule has 0 fully saturated rings. The Morgan fingerprint density at radius 3 is 2.53 bits per heavy atom. The van der Waals surface area contributed by atoms with Gasteiger partial charge in [-0.1, -0.05) is 88.0 Å². The van der Waals surface area contributed by atoms with E-state index in [-0.39, 0.29) is 30.7 Å². The smallest absolute Gasteiger partial charge is 0.320 e. The molecular weight excluding hydrogens is 635 g/mol. The number of hydrogen-bond acceptors (Lipinski definition) is 8. The number of hydrogen-bond donors (Lipinski definition) is 3. The molecule has 5 aromatic rings. The number of rotatable bonds is 11. The maximum atomic E-state index is 13.4. The molecule has 3 N–H and O–H groups in total. The van der Waals surface area contributed by atoms with Gasteiger partial charge in [0.15, 0.2) is 11.5 Å². The highest BCUT2D eigenvalue weighted by atomic mass is 32.2. The summed E-state index contributed by atoms with van der Waals surface area (Å²) in [6, 6.07) is 27.8. The van der Waals surface area contributed by atoms with Gasteiger partial charge in [0, 0.05) is 41.2 Å². The van der Waals surface area contributed by atoms with Gasteiger partial charge in [-0.05, 0) is 59.4 Å². The summed E-state index contributed by atoms with van der Waals surface area (Å²) in [5.74, 6) is 2.12. The molecule has 49 heavy (non-hydrogen) atoms. The van der Waals surface area contributed by atoms with Crippen LogP contribution in [0.25, 0.3) is 17.0 Å². The van der Waals surface area contributed by atoms with Gasteiger partial charge in [-0.15, -0.1) is 10.2 Å². The number of carbonyl (C=O) groups excluding carboxylic acids is 1. The first-order valence-corrected chi connectivity index (χ1v) is 17.3. The molecule has 254 valence electrons. The number of nitrogens with zero attached hydrogens (tertiary/aromatic N) is 5. The first-order valence-electron chi connectivity index (χ1n) is 16.5. The number of hydrazine groups is 1. The molecule has 2 aromatic heterocycles. The predicted octanol–water partition coefficient (Wildman–Crippen LogP) is 6.90. The molecule has 0 saturated heterocycles. The lowest BCUT2D eigenvalue weighted by Crippen LogP contribution is -2.47. The number of aliphatic hydroxyl groups is 1. The minimum Gasteiger partial charge on any atom is -0.491 e. The third-order valence-corrected chi connectivity index (χ3v) is 9.56. The maximum Gasteiger partial charge on any atom is 0.320 e. The summed E-state index contributed by atoms with van der Waals surface area (Å²) in [5.41, 5.74) is 4.83. The first-order chi connectivity index (χ1) is 23.7. The average molecular weight is 678 g/mol. The Hall–Kier alpha value is -4.84. The molecule has 1 aliphatic rings. The van der Waals surface area contributed by atoms with Crippen LogP contribution in [-0.2, 0) is 13.0 Å². The number of aromatic nitrogens is 3. The third kappa shape index (κ3) is 7.59. The number of aliphatic hydroxyl groups excluding tert-OH is 1. The fraction of sp³-hybridized carbons (Fsp3) is 0.289. The highest BCUT2D eigenvalue weighted by molar-refractivity contribution is 7.99. The van der Waals surface area contributed by atoms with Crippen LogP contribution in [0.4, 0.5) is 10.5 Å². The van der Waals surface area contributed by atoms with Crippen molar-refractivity contribution in [3.8, 4) is 17.1 Å². The van der Waals surface area contributed by atoms with E-state index in [1.807, 2.05) is 77.1 Å². The minimum absolute atomic E-state index is 0.0287. The lowest BCUT2D eigenvalue weighted by molar-refractivity contribution is 0.177. The largest absolute Gasteiger partial charge is 0.491 e. The minimum atomic E-state index is -0.308. The number of amides is 2. The van der Waals surface area contributed by atoms with Crippen molar-refractivity contribution >= 4 is 29.1 Å². The number of anilines is 1. The van der Waals surface area contributed by atoms with E-state index >= 15 is 0 Å². The normalized spacial score (nSPS) is 15.0. The Bertz CT molecular complexity index is 1970. The van der Waals surface area contributed by atoms with Gasteiger partial charge < -0.3 is 15.2 Å². The Labute approximate surface area is 291 Å². The molecule has 11 heteroatoms.